The van der Waals surface area contributed by atoms with E-state index in [1.54, 1.807) is 18.2 Å². The molecule has 0 radical (unpaired) electrons. The van der Waals surface area contributed by atoms with E-state index in [1.165, 1.54) is 17.8 Å². The molecule has 0 saturated carbocycles. The SMILES string of the molecule is CCN(CC)CCS/C(=N/O)c1ccccc1F.[Cl-]. The van der Waals surface area contributed by atoms with Gasteiger partial charge in [-0.3, -0.25) is 0 Å². The van der Waals surface area contributed by atoms with Crippen LogP contribution < -0.4 is 12.4 Å². The highest BCUT2D eigenvalue weighted by atomic mass is 35.5. The van der Waals surface area contributed by atoms with Crippen LogP contribution >= 0.6 is 11.8 Å². The molecule has 1 N–H and O–H groups in total. The van der Waals surface area contributed by atoms with Crippen LogP contribution in [-0.4, -0.2) is 40.5 Å². The molecule has 0 heterocycles. The smallest absolute Gasteiger partial charge is 0.145 e. The van der Waals surface area contributed by atoms with Crippen LogP contribution in [-0.2, 0) is 0 Å². The lowest BCUT2D eigenvalue weighted by atomic mass is 10.2. The van der Waals surface area contributed by atoms with Crippen molar-refractivity contribution in [2.75, 3.05) is 25.4 Å². The van der Waals surface area contributed by atoms with Gasteiger partial charge in [-0.15, -0.1) is 11.8 Å². The van der Waals surface area contributed by atoms with Crippen LogP contribution in [0, 0.1) is 5.82 Å². The van der Waals surface area contributed by atoms with Gasteiger partial charge in [0.05, 0.1) is 0 Å². The van der Waals surface area contributed by atoms with Crippen molar-refractivity contribution in [3.63, 3.8) is 0 Å². The summed E-state index contributed by atoms with van der Waals surface area (Å²) in [4.78, 5) is 2.27. The molecular formula is C13H19ClFN2OS-. The third kappa shape index (κ3) is 5.80. The van der Waals surface area contributed by atoms with E-state index in [0.717, 1.165) is 25.4 Å². The van der Waals surface area contributed by atoms with E-state index in [9.17, 15) is 4.39 Å². The van der Waals surface area contributed by atoms with E-state index in [4.69, 9.17) is 5.21 Å². The predicted molar refractivity (Wildman–Crippen MR) is 75.0 cm³/mol. The summed E-state index contributed by atoms with van der Waals surface area (Å²) in [6, 6.07) is 6.34. The first-order chi connectivity index (χ1) is 8.72. The topological polar surface area (TPSA) is 35.8 Å². The fourth-order valence-electron chi connectivity index (χ4n) is 1.61. The molecule has 0 unspecified atom stereocenters. The number of nitrogens with zero attached hydrogens (tertiary/aromatic N) is 2. The summed E-state index contributed by atoms with van der Waals surface area (Å²) in [7, 11) is 0. The van der Waals surface area contributed by atoms with E-state index in [0.29, 0.717) is 10.6 Å². The molecule has 0 saturated heterocycles. The van der Waals surface area contributed by atoms with Crippen molar-refractivity contribution >= 4 is 16.8 Å². The Bertz CT molecular complexity index is 400. The van der Waals surface area contributed by atoms with Crippen LogP contribution in [0.4, 0.5) is 4.39 Å². The predicted octanol–water partition coefficient (Wildman–Crippen LogP) is 0.0405. The van der Waals surface area contributed by atoms with Crippen LogP contribution in [0.15, 0.2) is 29.4 Å². The number of thioether (sulfide) groups is 1. The minimum absolute atomic E-state index is 0. The van der Waals surface area contributed by atoms with Gasteiger partial charge in [0.2, 0.25) is 0 Å². The molecule has 0 amide bonds. The molecule has 0 spiro atoms. The fraction of sp³-hybridized carbons (Fsp3) is 0.462. The number of hydrogen-bond donors (Lipinski definition) is 1. The quantitative estimate of drug-likeness (QED) is 0.349. The Kier molecular flexibility index (Phi) is 9.65. The van der Waals surface area contributed by atoms with Crippen LogP contribution in [0.2, 0.25) is 0 Å². The molecule has 0 aliphatic heterocycles. The largest absolute Gasteiger partial charge is 1.00 e. The Hall–Kier alpha value is -0.780. The first-order valence-electron chi connectivity index (χ1n) is 6.05. The molecular weight excluding hydrogens is 287 g/mol. The summed E-state index contributed by atoms with van der Waals surface area (Å²) in [6.45, 7) is 7.08. The van der Waals surface area contributed by atoms with Crippen molar-refractivity contribution < 1.29 is 22.0 Å². The molecule has 0 atom stereocenters. The number of benzene rings is 1. The van der Waals surface area contributed by atoms with Crippen molar-refractivity contribution in [2.45, 2.75) is 13.8 Å². The Labute approximate surface area is 124 Å². The van der Waals surface area contributed by atoms with Gasteiger partial charge < -0.3 is 22.5 Å². The van der Waals surface area contributed by atoms with Crippen LogP contribution in [0.5, 0.6) is 0 Å². The first-order valence-corrected chi connectivity index (χ1v) is 7.03. The second-order valence-electron chi connectivity index (χ2n) is 3.76. The summed E-state index contributed by atoms with van der Waals surface area (Å²) in [5.41, 5.74) is 0.351. The summed E-state index contributed by atoms with van der Waals surface area (Å²) in [5.74, 6) is 0.413. The maximum atomic E-state index is 13.5. The number of halogens is 2. The Morgan fingerprint density at radius 3 is 2.47 bits per heavy atom. The molecule has 0 aromatic heterocycles. The van der Waals surface area contributed by atoms with Gasteiger partial charge in [-0.2, -0.15) is 0 Å². The fourth-order valence-corrected chi connectivity index (χ4v) is 2.53. The molecule has 3 nitrogen and oxygen atoms in total. The minimum atomic E-state index is -0.361. The highest BCUT2D eigenvalue weighted by molar-refractivity contribution is 8.14. The second-order valence-corrected chi connectivity index (χ2v) is 4.84. The summed E-state index contributed by atoms with van der Waals surface area (Å²) < 4.78 is 13.5. The molecule has 0 fully saturated rings. The van der Waals surface area contributed by atoms with Gasteiger partial charge >= 0.3 is 0 Å². The standard InChI is InChI=1S/C13H19FN2OS.ClH/c1-3-16(4-2)9-10-18-13(15-17)11-7-5-6-8-12(11)14;/h5-8,17H,3-4,9-10H2,1-2H3;1H/p-1/b15-13+;. The van der Waals surface area contributed by atoms with Crippen LogP contribution in [0.3, 0.4) is 0 Å². The van der Waals surface area contributed by atoms with Gasteiger partial charge in [0.1, 0.15) is 10.9 Å². The lowest BCUT2D eigenvalue weighted by Gasteiger charge is -2.17. The molecule has 108 valence electrons. The zero-order chi connectivity index (χ0) is 13.4. The van der Waals surface area contributed by atoms with Crippen LogP contribution in [0.1, 0.15) is 19.4 Å². The summed E-state index contributed by atoms with van der Waals surface area (Å²) in [6.07, 6.45) is 0. The van der Waals surface area contributed by atoms with Gasteiger partial charge in [-0.05, 0) is 25.2 Å². The van der Waals surface area contributed by atoms with Crippen molar-refractivity contribution in [2.24, 2.45) is 5.16 Å². The molecule has 1 rings (SSSR count). The number of rotatable bonds is 6. The normalized spacial score (nSPS) is 11.5. The van der Waals surface area contributed by atoms with E-state index >= 15 is 0 Å². The monoisotopic (exact) mass is 305 g/mol. The average molecular weight is 306 g/mol. The summed E-state index contributed by atoms with van der Waals surface area (Å²) >= 11 is 1.37. The van der Waals surface area contributed by atoms with Crippen molar-refractivity contribution in [1.29, 1.82) is 0 Å². The molecule has 1 aromatic carbocycles. The number of oxime groups is 1. The van der Waals surface area contributed by atoms with Gasteiger partial charge in [-0.1, -0.05) is 31.1 Å². The van der Waals surface area contributed by atoms with Crippen molar-refractivity contribution in [1.82, 2.24) is 4.90 Å². The van der Waals surface area contributed by atoms with Gasteiger partial charge in [0.15, 0.2) is 0 Å². The summed E-state index contributed by atoms with van der Waals surface area (Å²) in [5, 5.41) is 12.5. The van der Waals surface area contributed by atoms with E-state index in [-0.39, 0.29) is 18.2 Å². The Morgan fingerprint density at radius 2 is 1.95 bits per heavy atom. The molecule has 0 aliphatic rings. The zero-order valence-corrected chi connectivity index (χ0v) is 12.7. The average Bonchev–Trinajstić information content (AvgIpc) is 2.40. The second kappa shape index (κ2) is 10.1. The minimum Gasteiger partial charge on any atom is -1.00 e. The van der Waals surface area contributed by atoms with Gasteiger partial charge in [0, 0.05) is 17.9 Å². The molecule has 0 bridgehead atoms. The van der Waals surface area contributed by atoms with Gasteiger partial charge in [-0.25, -0.2) is 4.39 Å². The third-order valence-electron chi connectivity index (χ3n) is 2.74. The maximum absolute atomic E-state index is 13.5. The number of hydrogen-bond acceptors (Lipinski definition) is 4. The van der Waals surface area contributed by atoms with Crippen molar-refractivity contribution in [3.05, 3.63) is 35.6 Å². The molecule has 6 heteroatoms. The Balaban J connectivity index is 0.00000324. The van der Waals surface area contributed by atoms with Crippen LogP contribution in [0.25, 0.3) is 0 Å². The lowest BCUT2D eigenvalue weighted by molar-refractivity contribution is -0.00000518. The third-order valence-corrected chi connectivity index (χ3v) is 3.70. The Morgan fingerprint density at radius 1 is 1.32 bits per heavy atom. The van der Waals surface area contributed by atoms with Crippen molar-refractivity contribution in [3.8, 4) is 0 Å². The van der Waals surface area contributed by atoms with E-state index < -0.39 is 0 Å². The van der Waals surface area contributed by atoms with Gasteiger partial charge in [0.25, 0.3) is 0 Å². The highest BCUT2D eigenvalue weighted by Gasteiger charge is 2.10. The maximum Gasteiger partial charge on any atom is 0.145 e. The molecule has 1 aromatic rings. The molecule has 19 heavy (non-hydrogen) atoms. The highest BCUT2D eigenvalue weighted by Crippen LogP contribution is 2.16. The van der Waals surface area contributed by atoms with E-state index in [2.05, 4.69) is 23.9 Å². The zero-order valence-electron chi connectivity index (χ0n) is 11.1. The molecule has 0 aliphatic carbocycles. The lowest BCUT2D eigenvalue weighted by Crippen LogP contribution is -3.00. The van der Waals surface area contributed by atoms with E-state index in [1.807, 2.05) is 0 Å². The first kappa shape index (κ1) is 18.2.